The first kappa shape index (κ1) is 20.9. The van der Waals surface area contributed by atoms with Crippen LogP contribution in [-0.2, 0) is 12.8 Å². The van der Waals surface area contributed by atoms with E-state index in [1.54, 1.807) is 4.90 Å². The number of carbonyl (C=O) groups excluding carboxylic acids is 1. The molecular formula is C21H25Cl2N3O2. The van der Waals surface area contributed by atoms with Gasteiger partial charge in [-0.2, -0.15) is 0 Å². The summed E-state index contributed by atoms with van der Waals surface area (Å²) in [5.41, 5.74) is 2.98. The highest BCUT2D eigenvalue weighted by Crippen LogP contribution is 2.29. The van der Waals surface area contributed by atoms with Crippen LogP contribution in [0.1, 0.15) is 52.5 Å². The van der Waals surface area contributed by atoms with Crippen molar-refractivity contribution in [3.8, 4) is 0 Å². The molecule has 2 aliphatic rings. The van der Waals surface area contributed by atoms with Crippen molar-refractivity contribution in [2.75, 3.05) is 19.6 Å². The molecule has 7 heteroatoms. The second kappa shape index (κ2) is 9.12. The molecule has 0 radical (unpaired) electrons. The molecule has 1 aromatic heterocycles. The maximum atomic E-state index is 13.3. The molecule has 2 aromatic rings. The number of amides is 1. The average Bonchev–Trinajstić information content (AvgIpc) is 2.92. The van der Waals surface area contributed by atoms with Crippen LogP contribution in [0.4, 0.5) is 0 Å². The van der Waals surface area contributed by atoms with E-state index in [1.807, 2.05) is 30.3 Å². The van der Waals surface area contributed by atoms with Crippen LogP contribution in [0.25, 0.3) is 0 Å². The monoisotopic (exact) mass is 421 g/mol. The van der Waals surface area contributed by atoms with Crippen molar-refractivity contribution in [1.29, 1.82) is 0 Å². The summed E-state index contributed by atoms with van der Waals surface area (Å²) < 4.78 is 0. The first-order chi connectivity index (χ1) is 13.1. The van der Waals surface area contributed by atoms with Gasteiger partial charge in [0, 0.05) is 30.4 Å². The Morgan fingerprint density at radius 3 is 2.75 bits per heavy atom. The Kier molecular flexibility index (Phi) is 6.81. The van der Waals surface area contributed by atoms with Crippen molar-refractivity contribution in [3.05, 3.63) is 68.1 Å². The Labute approximate surface area is 175 Å². The topological polar surface area (TPSA) is 65.2 Å². The second-order valence-electron chi connectivity index (χ2n) is 7.32. The van der Waals surface area contributed by atoms with E-state index in [0.717, 1.165) is 48.9 Å². The number of aromatic nitrogens is 1. The van der Waals surface area contributed by atoms with Crippen LogP contribution in [0.15, 0.2) is 35.1 Å². The summed E-state index contributed by atoms with van der Waals surface area (Å²) in [5, 5.41) is 3.97. The van der Waals surface area contributed by atoms with Crippen LogP contribution >= 0.6 is 24.0 Å². The molecule has 0 spiro atoms. The van der Waals surface area contributed by atoms with E-state index in [2.05, 4.69) is 10.3 Å². The molecule has 1 saturated heterocycles. The Bertz CT molecular complexity index is 913. The third-order valence-corrected chi connectivity index (χ3v) is 5.93. The van der Waals surface area contributed by atoms with Crippen molar-refractivity contribution in [2.45, 2.75) is 38.1 Å². The van der Waals surface area contributed by atoms with Gasteiger partial charge < -0.3 is 15.2 Å². The van der Waals surface area contributed by atoms with Crippen LogP contribution < -0.4 is 10.9 Å². The van der Waals surface area contributed by atoms with E-state index in [0.29, 0.717) is 24.7 Å². The zero-order valence-electron chi connectivity index (χ0n) is 15.7. The van der Waals surface area contributed by atoms with Crippen LogP contribution in [0.5, 0.6) is 0 Å². The van der Waals surface area contributed by atoms with Crippen LogP contribution in [-0.4, -0.2) is 35.4 Å². The molecule has 28 heavy (non-hydrogen) atoms. The Balaban J connectivity index is 0.00000225. The van der Waals surface area contributed by atoms with E-state index < -0.39 is 0 Å². The molecule has 1 fully saturated rings. The number of rotatable bonds is 2. The first-order valence-corrected chi connectivity index (χ1v) is 10.0. The third kappa shape index (κ3) is 4.12. The summed E-state index contributed by atoms with van der Waals surface area (Å²) in [6, 6.07) is 9.23. The minimum Gasteiger partial charge on any atom is -0.329 e. The maximum absolute atomic E-state index is 13.3. The summed E-state index contributed by atoms with van der Waals surface area (Å²) in [4.78, 5) is 30.7. The summed E-state index contributed by atoms with van der Waals surface area (Å²) in [5.74, 6) is -0.213. The predicted molar refractivity (Wildman–Crippen MR) is 114 cm³/mol. The van der Waals surface area contributed by atoms with Crippen LogP contribution in [0, 0.1) is 0 Å². The summed E-state index contributed by atoms with van der Waals surface area (Å²) in [6.45, 7) is 1.87. The smallest absolute Gasteiger partial charge is 0.261 e. The molecule has 2 N–H and O–H groups in total. The zero-order valence-corrected chi connectivity index (χ0v) is 17.2. The molecular weight excluding hydrogens is 397 g/mol. The number of aromatic amines is 1. The molecule has 4 rings (SSSR count). The van der Waals surface area contributed by atoms with Gasteiger partial charge in [-0.25, -0.2) is 0 Å². The number of nitrogens with one attached hydrogen (secondary N) is 2. The van der Waals surface area contributed by atoms with E-state index in [9.17, 15) is 9.59 Å². The molecule has 150 valence electrons. The number of aryl methyl sites for hydroxylation is 2. The van der Waals surface area contributed by atoms with E-state index in [-0.39, 0.29) is 35.5 Å². The predicted octanol–water partition coefficient (Wildman–Crippen LogP) is 3.51. The number of H-pyrrole nitrogens is 1. The largest absolute Gasteiger partial charge is 0.329 e. The molecule has 0 saturated carbocycles. The highest BCUT2D eigenvalue weighted by molar-refractivity contribution is 6.31. The molecule has 5 nitrogen and oxygen atoms in total. The number of benzene rings is 1. The summed E-state index contributed by atoms with van der Waals surface area (Å²) >= 11 is 6.38. The van der Waals surface area contributed by atoms with Gasteiger partial charge >= 0.3 is 0 Å². The number of halogens is 2. The van der Waals surface area contributed by atoms with Crippen LogP contribution in [0.3, 0.4) is 0 Å². The van der Waals surface area contributed by atoms with Crippen molar-refractivity contribution in [1.82, 2.24) is 15.2 Å². The number of fused-ring (bicyclic) bond motifs is 1. The van der Waals surface area contributed by atoms with Gasteiger partial charge in [0.15, 0.2) is 0 Å². The number of nitrogens with zero attached hydrogens (tertiary/aromatic N) is 1. The molecule has 1 aliphatic heterocycles. The van der Waals surface area contributed by atoms with Gasteiger partial charge in [0.05, 0.1) is 6.04 Å². The fourth-order valence-corrected chi connectivity index (χ4v) is 4.40. The lowest BCUT2D eigenvalue weighted by Crippen LogP contribution is -2.49. The zero-order chi connectivity index (χ0) is 18.8. The van der Waals surface area contributed by atoms with E-state index in [4.69, 9.17) is 11.6 Å². The lowest BCUT2D eigenvalue weighted by Gasteiger charge is -2.37. The second-order valence-corrected chi connectivity index (χ2v) is 7.72. The minimum atomic E-state index is -0.280. The van der Waals surface area contributed by atoms with E-state index >= 15 is 0 Å². The molecule has 1 atom stereocenters. The normalized spacial score (nSPS) is 19.3. The van der Waals surface area contributed by atoms with Crippen LogP contribution in [0.2, 0.25) is 5.02 Å². The molecule has 0 bridgehead atoms. The number of pyridine rings is 1. The lowest BCUT2D eigenvalue weighted by atomic mass is 10.0. The molecule has 1 amide bonds. The van der Waals surface area contributed by atoms with Gasteiger partial charge in [-0.1, -0.05) is 36.2 Å². The Morgan fingerprint density at radius 1 is 1.14 bits per heavy atom. The molecule has 1 unspecified atom stereocenters. The maximum Gasteiger partial charge on any atom is 0.261 e. The number of hydrogen-bond acceptors (Lipinski definition) is 3. The fraction of sp³-hybridized carbons (Fsp3) is 0.429. The van der Waals surface area contributed by atoms with E-state index in [1.165, 1.54) is 0 Å². The van der Waals surface area contributed by atoms with Gasteiger partial charge in [0.1, 0.15) is 5.56 Å². The van der Waals surface area contributed by atoms with Crippen molar-refractivity contribution < 1.29 is 4.79 Å². The quantitative estimate of drug-likeness (QED) is 0.729. The molecule has 1 aliphatic carbocycles. The number of carbonyl (C=O) groups is 1. The first-order valence-electron chi connectivity index (χ1n) is 9.66. The minimum absolute atomic E-state index is 0. The number of hydrogen-bond donors (Lipinski definition) is 2. The third-order valence-electron chi connectivity index (χ3n) is 5.59. The highest BCUT2D eigenvalue weighted by atomic mass is 35.5. The average molecular weight is 422 g/mol. The lowest BCUT2D eigenvalue weighted by molar-refractivity contribution is 0.0632. The summed E-state index contributed by atoms with van der Waals surface area (Å²) in [7, 11) is 0. The van der Waals surface area contributed by atoms with Crippen molar-refractivity contribution in [3.63, 3.8) is 0 Å². The summed E-state index contributed by atoms with van der Waals surface area (Å²) in [6.07, 6.45) is 5.15. The Morgan fingerprint density at radius 2 is 1.93 bits per heavy atom. The van der Waals surface area contributed by atoms with Crippen molar-refractivity contribution in [2.24, 2.45) is 0 Å². The standard InChI is InChI=1S/C21H24ClN3O2.ClH/c22-17-8-5-4-7-15(17)19-13-23-10-11-25(19)21(27)16-12-14-6-2-1-3-9-18(14)24-20(16)26;/h4-5,7-8,12,19,23H,1-3,6,9-11,13H2,(H,24,26);1H. The van der Waals surface area contributed by atoms with Crippen molar-refractivity contribution >= 4 is 29.9 Å². The highest BCUT2D eigenvalue weighted by Gasteiger charge is 2.31. The van der Waals surface area contributed by atoms with Gasteiger partial charge in [0.2, 0.25) is 0 Å². The number of piperazine rings is 1. The molecule has 2 heterocycles. The molecule has 1 aromatic carbocycles. The van der Waals surface area contributed by atoms with Gasteiger partial charge in [-0.05, 0) is 48.9 Å². The SMILES string of the molecule is Cl.O=C(c1cc2c([nH]c1=O)CCCCC2)N1CCNCC1c1ccccc1Cl. The van der Waals surface area contributed by atoms with Gasteiger partial charge in [0.25, 0.3) is 11.5 Å². The Hall–Kier alpha value is -1.82. The van der Waals surface area contributed by atoms with Gasteiger partial charge in [-0.3, -0.25) is 9.59 Å². The fourth-order valence-electron chi connectivity index (χ4n) is 4.14. The van der Waals surface area contributed by atoms with Gasteiger partial charge in [-0.15, -0.1) is 12.4 Å².